The van der Waals surface area contributed by atoms with Crippen LogP contribution < -0.4 is 0 Å². The van der Waals surface area contributed by atoms with Crippen molar-refractivity contribution >= 4 is 15.9 Å². The molecule has 0 spiro atoms. The third kappa shape index (κ3) is 2.32. The van der Waals surface area contributed by atoms with Gasteiger partial charge in [-0.3, -0.25) is 9.88 Å². The van der Waals surface area contributed by atoms with Crippen molar-refractivity contribution in [2.24, 2.45) is 0 Å². The van der Waals surface area contributed by atoms with E-state index < -0.39 is 0 Å². The first-order valence-corrected chi connectivity index (χ1v) is 7.06. The van der Waals surface area contributed by atoms with E-state index in [4.69, 9.17) is 9.47 Å². The zero-order chi connectivity index (χ0) is 12.5. The summed E-state index contributed by atoms with van der Waals surface area (Å²) in [7, 11) is 1.76. The van der Waals surface area contributed by atoms with E-state index in [9.17, 15) is 0 Å². The third-order valence-corrected chi connectivity index (χ3v) is 4.20. The molecule has 0 bridgehead atoms. The Hall–Kier alpha value is -0.490. The van der Waals surface area contributed by atoms with Gasteiger partial charge in [0.2, 0.25) is 0 Å². The molecule has 0 aliphatic carbocycles. The maximum Gasteiger partial charge on any atom is 0.101 e. The van der Waals surface area contributed by atoms with Crippen LogP contribution in [-0.2, 0) is 16.0 Å². The van der Waals surface area contributed by atoms with Crippen LogP contribution in [0.15, 0.2) is 16.7 Å². The minimum absolute atomic E-state index is 0.0739. The molecule has 3 rings (SSSR count). The van der Waals surface area contributed by atoms with Crippen LogP contribution in [-0.4, -0.2) is 42.8 Å². The Labute approximate surface area is 115 Å². The van der Waals surface area contributed by atoms with E-state index in [2.05, 4.69) is 31.9 Å². The number of aromatic nitrogens is 1. The first-order valence-electron chi connectivity index (χ1n) is 6.27. The first-order chi connectivity index (χ1) is 8.78. The van der Waals surface area contributed by atoms with E-state index in [1.165, 1.54) is 5.56 Å². The highest BCUT2D eigenvalue weighted by Crippen LogP contribution is 2.32. The van der Waals surface area contributed by atoms with Crippen molar-refractivity contribution in [1.29, 1.82) is 0 Å². The fourth-order valence-electron chi connectivity index (χ4n) is 2.81. The van der Waals surface area contributed by atoms with Gasteiger partial charge in [-0.2, -0.15) is 0 Å². The predicted molar refractivity (Wildman–Crippen MR) is 71.3 cm³/mol. The lowest BCUT2D eigenvalue weighted by Gasteiger charge is -2.34. The molecule has 0 saturated carbocycles. The lowest BCUT2D eigenvalue weighted by atomic mass is 10.1. The molecule has 1 aromatic rings. The molecule has 0 radical (unpaired) electrons. The van der Waals surface area contributed by atoms with Gasteiger partial charge in [-0.05, 0) is 34.0 Å². The minimum Gasteiger partial charge on any atom is -0.378 e. The van der Waals surface area contributed by atoms with Gasteiger partial charge in [0.15, 0.2) is 0 Å². The van der Waals surface area contributed by atoms with Gasteiger partial charge in [-0.25, -0.2) is 0 Å². The number of hydrogen-bond acceptors (Lipinski definition) is 4. The zero-order valence-electron chi connectivity index (χ0n) is 10.4. The summed E-state index contributed by atoms with van der Waals surface area (Å²) in [5.74, 6) is 0. The number of rotatable bonds is 1. The molecule has 1 saturated heterocycles. The monoisotopic (exact) mass is 312 g/mol. The minimum atomic E-state index is 0.0739. The second-order valence-electron chi connectivity index (χ2n) is 4.86. The zero-order valence-corrected chi connectivity index (χ0v) is 12.0. The first kappa shape index (κ1) is 12.5. The van der Waals surface area contributed by atoms with Crippen LogP contribution in [0.1, 0.15) is 23.8 Å². The molecule has 2 aliphatic rings. The third-order valence-electron chi connectivity index (χ3n) is 3.77. The lowest BCUT2D eigenvalue weighted by Crippen LogP contribution is -2.44. The maximum absolute atomic E-state index is 5.63. The van der Waals surface area contributed by atoms with Gasteiger partial charge < -0.3 is 9.47 Å². The van der Waals surface area contributed by atoms with Crippen LogP contribution >= 0.6 is 15.9 Å². The number of pyridine rings is 1. The quantitative estimate of drug-likeness (QED) is 0.796. The summed E-state index contributed by atoms with van der Waals surface area (Å²) in [4.78, 5) is 7.03. The molecule has 0 aromatic carbocycles. The van der Waals surface area contributed by atoms with E-state index in [1.807, 2.05) is 6.20 Å². The highest BCUT2D eigenvalue weighted by molar-refractivity contribution is 9.10. The summed E-state index contributed by atoms with van der Waals surface area (Å²) in [5, 5.41) is 0. The second kappa shape index (κ2) is 5.25. The van der Waals surface area contributed by atoms with Crippen molar-refractivity contribution in [2.75, 3.05) is 26.9 Å². The molecular formula is C13H17BrN2O2. The number of ether oxygens (including phenoxy) is 2. The largest absolute Gasteiger partial charge is 0.378 e. The van der Waals surface area contributed by atoms with Crippen molar-refractivity contribution < 1.29 is 9.47 Å². The van der Waals surface area contributed by atoms with Crippen LogP contribution in [0.2, 0.25) is 0 Å². The van der Waals surface area contributed by atoms with E-state index in [0.29, 0.717) is 6.04 Å². The molecule has 2 atom stereocenters. The Kier molecular flexibility index (Phi) is 3.66. The number of hydrogen-bond donors (Lipinski definition) is 0. The van der Waals surface area contributed by atoms with Crippen LogP contribution in [0.5, 0.6) is 0 Å². The second-order valence-corrected chi connectivity index (χ2v) is 5.77. The molecule has 1 fully saturated rings. The molecule has 18 heavy (non-hydrogen) atoms. The summed E-state index contributed by atoms with van der Waals surface area (Å²) < 4.78 is 12.2. The van der Waals surface area contributed by atoms with Crippen molar-refractivity contribution in [3.8, 4) is 0 Å². The molecule has 0 amide bonds. The average molecular weight is 313 g/mol. The van der Waals surface area contributed by atoms with Crippen molar-refractivity contribution in [2.45, 2.75) is 25.1 Å². The van der Waals surface area contributed by atoms with E-state index in [-0.39, 0.29) is 6.10 Å². The van der Waals surface area contributed by atoms with Gasteiger partial charge in [-0.1, -0.05) is 0 Å². The molecule has 1 aromatic heterocycles. The van der Waals surface area contributed by atoms with Crippen LogP contribution in [0.4, 0.5) is 0 Å². The SMILES string of the molecule is COC1C[C@H]2COCCN2Cc2cc(Br)cnc21. The standard InChI is InChI=1S/C13H17BrN2O2/c1-17-12-5-11-8-18-3-2-16(11)7-9-4-10(14)6-15-13(9)12/h4,6,11-12H,2-3,5,7-8H2,1H3/t11-,12?/m0/s1. The van der Waals surface area contributed by atoms with E-state index in [1.54, 1.807) is 7.11 Å². The topological polar surface area (TPSA) is 34.6 Å². The van der Waals surface area contributed by atoms with Gasteiger partial charge in [0, 0.05) is 36.9 Å². The molecule has 1 unspecified atom stereocenters. The smallest absolute Gasteiger partial charge is 0.101 e. The van der Waals surface area contributed by atoms with Crippen LogP contribution in [0, 0.1) is 0 Å². The molecule has 2 aliphatic heterocycles. The van der Waals surface area contributed by atoms with Crippen LogP contribution in [0.3, 0.4) is 0 Å². The molecule has 5 heteroatoms. The average Bonchev–Trinajstić information content (AvgIpc) is 2.53. The Morgan fingerprint density at radius 2 is 2.44 bits per heavy atom. The van der Waals surface area contributed by atoms with Gasteiger partial charge in [-0.15, -0.1) is 0 Å². The predicted octanol–water partition coefficient (Wildman–Crippen LogP) is 2.14. The summed E-state index contributed by atoms with van der Waals surface area (Å²) in [5.41, 5.74) is 2.34. The normalized spacial score (nSPS) is 28.3. The Morgan fingerprint density at radius 1 is 1.56 bits per heavy atom. The molecule has 4 nitrogen and oxygen atoms in total. The van der Waals surface area contributed by atoms with Crippen molar-refractivity contribution in [3.05, 3.63) is 28.0 Å². The van der Waals surface area contributed by atoms with Crippen molar-refractivity contribution in [1.82, 2.24) is 9.88 Å². The number of fused-ring (bicyclic) bond motifs is 2. The Morgan fingerprint density at radius 3 is 3.28 bits per heavy atom. The highest BCUT2D eigenvalue weighted by Gasteiger charge is 2.32. The van der Waals surface area contributed by atoms with E-state index in [0.717, 1.165) is 42.9 Å². The number of morpholine rings is 1. The summed E-state index contributed by atoms with van der Waals surface area (Å²) in [6.07, 6.45) is 2.88. The highest BCUT2D eigenvalue weighted by atomic mass is 79.9. The Bertz CT molecular complexity index is 441. The van der Waals surface area contributed by atoms with Crippen LogP contribution in [0.25, 0.3) is 0 Å². The van der Waals surface area contributed by atoms with Gasteiger partial charge in [0.05, 0.1) is 18.9 Å². The molecule has 0 N–H and O–H groups in total. The van der Waals surface area contributed by atoms with Gasteiger partial charge in [0.25, 0.3) is 0 Å². The molecule has 3 heterocycles. The summed E-state index contributed by atoms with van der Waals surface area (Å²) in [6, 6.07) is 2.60. The van der Waals surface area contributed by atoms with E-state index >= 15 is 0 Å². The van der Waals surface area contributed by atoms with Gasteiger partial charge >= 0.3 is 0 Å². The fraction of sp³-hybridized carbons (Fsp3) is 0.615. The number of nitrogens with zero attached hydrogens (tertiary/aromatic N) is 2. The Balaban J connectivity index is 1.97. The molecular weight excluding hydrogens is 296 g/mol. The lowest BCUT2D eigenvalue weighted by molar-refractivity contribution is -0.0303. The van der Waals surface area contributed by atoms with Gasteiger partial charge in [0.1, 0.15) is 6.10 Å². The maximum atomic E-state index is 5.63. The summed E-state index contributed by atoms with van der Waals surface area (Å²) in [6.45, 7) is 3.56. The number of halogens is 1. The fourth-order valence-corrected chi connectivity index (χ4v) is 3.19. The molecule has 98 valence electrons. The number of methoxy groups -OCH3 is 1. The summed E-state index contributed by atoms with van der Waals surface area (Å²) >= 11 is 3.50. The van der Waals surface area contributed by atoms with Crippen molar-refractivity contribution in [3.63, 3.8) is 0 Å².